The first-order valence-corrected chi connectivity index (χ1v) is 11.1. The molecule has 0 bridgehead atoms. The Morgan fingerprint density at radius 3 is 2.48 bits per heavy atom. The summed E-state index contributed by atoms with van der Waals surface area (Å²) < 4.78 is 32.0. The van der Waals surface area contributed by atoms with Crippen molar-refractivity contribution in [1.82, 2.24) is 9.71 Å². The highest BCUT2D eigenvalue weighted by atomic mass is 35.5. The Bertz CT molecular complexity index is 1240. The summed E-state index contributed by atoms with van der Waals surface area (Å²) in [7, 11) is -3.93. The van der Waals surface area contributed by atoms with E-state index < -0.39 is 22.5 Å². The van der Waals surface area contributed by atoms with E-state index in [2.05, 4.69) is 15.0 Å². The van der Waals surface area contributed by atoms with Crippen molar-refractivity contribution in [3.05, 3.63) is 64.8 Å². The van der Waals surface area contributed by atoms with Gasteiger partial charge in [-0.2, -0.15) is 4.72 Å². The van der Waals surface area contributed by atoms with E-state index in [1.807, 2.05) is 25.1 Å². The Labute approximate surface area is 184 Å². The molecule has 1 amide bonds. The molecule has 8 nitrogen and oxygen atoms in total. The molecule has 31 heavy (non-hydrogen) atoms. The number of fused-ring (bicyclic) bond motifs is 1. The van der Waals surface area contributed by atoms with E-state index in [9.17, 15) is 18.0 Å². The van der Waals surface area contributed by atoms with Crippen molar-refractivity contribution in [2.45, 2.75) is 25.3 Å². The summed E-state index contributed by atoms with van der Waals surface area (Å²) in [6.07, 6.45) is 0. The number of hydrogen-bond donors (Lipinski definition) is 2. The van der Waals surface area contributed by atoms with Gasteiger partial charge in [0.15, 0.2) is 0 Å². The van der Waals surface area contributed by atoms with Crippen LogP contribution in [0.1, 0.15) is 18.1 Å². The number of pyridine rings is 1. The van der Waals surface area contributed by atoms with Crippen LogP contribution in [-0.2, 0) is 31.0 Å². The number of esters is 1. The highest BCUT2D eigenvalue weighted by Crippen LogP contribution is 2.22. The molecule has 0 saturated carbocycles. The third-order valence-electron chi connectivity index (χ3n) is 4.28. The van der Waals surface area contributed by atoms with Gasteiger partial charge in [-0.1, -0.05) is 23.7 Å². The molecule has 0 aliphatic heterocycles. The predicted octanol–water partition coefficient (Wildman–Crippen LogP) is 3.18. The van der Waals surface area contributed by atoms with Gasteiger partial charge in [0.2, 0.25) is 15.9 Å². The number of benzene rings is 2. The minimum Gasteiger partial charge on any atom is -0.460 e. The number of carbonyl (C=O) groups is 2. The van der Waals surface area contributed by atoms with Gasteiger partial charge in [-0.15, -0.1) is 0 Å². The standard InChI is InChI=1S/C21H20ClN3O5S/c1-13-3-4-15-10-16(21(22)25-19(15)9-13)12-30-20(27)11-23-31(28,29)18-7-5-17(6-8-18)24-14(2)26/h3-10,23H,11-12H2,1-2H3,(H,24,26). The normalized spacial score (nSPS) is 11.3. The third-order valence-corrected chi connectivity index (χ3v) is 6.02. The first-order chi connectivity index (χ1) is 14.6. The number of rotatable bonds is 7. The lowest BCUT2D eigenvalue weighted by atomic mass is 10.1. The van der Waals surface area contributed by atoms with Crippen molar-refractivity contribution < 1.29 is 22.7 Å². The van der Waals surface area contributed by atoms with Crippen molar-refractivity contribution in [3.8, 4) is 0 Å². The fourth-order valence-electron chi connectivity index (χ4n) is 2.77. The van der Waals surface area contributed by atoms with Gasteiger partial charge < -0.3 is 10.1 Å². The zero-order valence-electron chi connectivity index (χ0n) is 16.8. The number of aromatic nitrogens is 1. The van der Waals surface area contributed by atoms with Gasteiger partial charge in [-0.3, -0.25) is 9.59 Å². The zero-order valence-corrected chi connectivity index (χ0v) is 18.4. The molecule has 0 fully saturated rings. The Kier molecular flexibility index (Phi) is 6.89. The average molecular weight is 462 g/mol. The lowest BCUT2D eigenvalue weighted by Gasteiger charge is -2.10. The van der Waals surface area contributed by atoms with E-state index in [1.54, 1.807) is 6.07 Å². The second-order valence-corrected chi connectivity index (χ2v) is 8.95. The number of halogens is 1. The van der Waals surface area contributed by atoms with Crippen LogP contribution in [0.3, 0.4) is 0 Å². The van der Waals surface area contributed by atoms with Gasteiger partial charge in [0.1, 0.15) is 18.3 Å². The minimum atomic E-state index is -3.93. The topological polar surface area (TPSA) is 114 Å². The summed E-state index contributed by atoms with van der Waals surface area (Å²) >= 11 is 6.17. The molecule has 3 aromatic rings. The average Bonchev–Trinajstić information content (AvgIpc) is 2.71. The zero-order chi connectivity index (χ0) is 22.6. The summed E-state index contributed by atoms with van der Waals surface area (Å²) in [5, 5.41) is 3.61. The number of amides is 1. The van der Waals surface area contributed by atoms with Crippen LogP contribution in [0.4, 0.5) is 5.69 Å². The first-order valence-electron chi connectivity index (χ1n) is 9.23. The fourth-order valence-corrected chi connectivity index (χ4v) is 3.93. The van der Waals surface area contributed by atoms with Gasteiger partial charge >= 0.3 is 5.97 Å². The number of hydrogen-bond acceptors (Lipinski definition) is 6. The molecule has 2 aromatic carbocycles. The molecule has 0 radical (unpaired) electrons. The summed E-state index contributed by atoms with van der Waals surface area (Å²) in [6.45, 7) is 2.61. The molecule has 162 valence electrons. The van der Waals surface area contributed by atoms with Crippen molar-refractivity contribution in [2.24, 2.45) is 0 Å². The SMILES string of the molecule is CC(=O)Nc1ccc(S(=O)(=O)NCC(=O)OCc2cc3ccc(C)cc3nc2Cl)cc1. The molecule has 0 aliphatic rings. The Morgan fingerprint density at radius 2 is 1.81 bits per heavy atom. The van der Waals surface area contributed by atoms with Gasteiger partial charge in [-0.25, -0.2) is 13.4 Å². The molecule has 0 spiro atoms. The molecule has 0 aliphatic carbocycles. The van der Waals surface area contributed by atoms with Gasteiger partial charge in [-0.05, 0) is 48.9 Å². The predicted molar refractivity (Wildman–Crippen MR) is 117 cm³/mol. The number of nitrogens with zero attached hydrogens (tertiary/aromatic N) is 1. The van der Waals surface area contributed by atoms with Crippen molar-refractivity contribution in [1.29, 1.82) is 0 Å². The maximum atomic E-state index is 12.3. The first kappa shape index (κ1) is 22.7. The van der Waals surface area contributed by atoms with Crippen molar-refractivity contribution in [2.75, 3.05) is 11.9 Å². The number of aryl methyl sites for hydroxylation is 1. The highest BCUT2D eigenvalue weighted by molar-refractivity contribution is 7.89. The van der Waals surface area contributed by atoms with E-state index in [4.69, 9.17) is 16.3 Å². The Hall–Kier alpha value is -3.01. The minimum absolute atomic E-state index is 0.0496. The summed E-state index contributed by atoms with van der Waals surface area (Å²) in [6, 6.07) is 13.0. The van der Waals surface area contributed by atoms with Gasteiger partial charge in [0, 0.05) is 23.6 Å². The summed E-state index contributed by atoms with van der Waals surface area (Å²) in [4.78, 5) is 27.3. The quantitative estimate of drug-likeness (QED) is 0.412. The number of carbonyl (C=O) groups excluding carboxylic acids is 2. The Morgan fingerprint density at radius 1 is 1.10 bits per heavy atom. The summed E-state index contributed by atoms with van der Waals surface area (Å²) in [5.74, 6) is -1.04. The smallest absolute Gasteiger partial charge is 0.321 e. The van der Waals surface area contributed by atoms with Gasteiger partial charge in [0.25, 0.3) is 0 Å². The molecule has 3 rings (SSSR count). The van der Waals surface area contributed by atoms with Crippen LogP contribution in [0.5, 0.6) is 0 Å². The largest absolute Gasteiger partial charge is 0.460 e. The number of sulfonamides is 1. The number of anilines is 1. The van der Waals surface area contributed by atoms with Crippen molar-refractivity contribution in [3.63, 3.8) is 0 Å². The maximum Gasteiger partial charge on any atom is 0.321 e. The van der Waals surface area contributed by atoms with Crippen LogP contribution < -0.4 is 10.0 Å². The van der Waals surface area contributed by atoms with Crippen LogP contribution in [0.2, 0.25) is 5.15 Å². The lowest BCUT2D eigenvalue weighted by molar-refractivity contribution is -0.143. The number of ether oxygens (including phenoxy) is 1. The molecular weight excluding hydrogens is 442 g/mol. The van der Waals surface area contributed by atoms with Gasteiger partial charge in [0.05, 0.1) is 10.4 Å². The molecule has 2 N–H and O–H groups in total. The molecule has 0 saturated heterocycles. The van der Waals surface area contributed by atoms with E-state index in [0.29, 0.717) is 11.3 Å². The van der Waals surface area contributed by atoms with E-state index in [-0.39, 0.29) is 22.6 Å². The monoisotopic (exact) mass is 461 g/mol. The van der Waals surface area contributed by atoms with Crippen LogP contribution in [0.15, 0.2) is 53.4 Å². The lowest BCUT2D eigenvalue weighted by Crippen LogP contribution is -2.30. The second kappa shape index (κ2) is 9.42. The van der Waals surface area contributed by atoms with Crippen LogP contribution in [-0.4, -0.2) is 31.8 Å². The molecule has 1 heterocycles. The Balaban J connectivity index is 1.58. The van der Waals surface area contributed by atoms with Crippen LogP contribution in [0.25, 0.3) is 10.9 Å². The highest BCUT2D eigenvalue weighted by Gasteiger charge is 2.17. The van der Waals surface area contributed by atoms with Crippen LogP contribution >= 0.6 is 11.6 Å². The number of nitrogens with one attached hydrogen (secondary N) is 2. The van der Waals surface area contributed by atoms with E-state index in [1.165, 1.54) is 31.2 Å². The third kappa shape index (κ3) is 6.00. The second-order valence-electron chi connectivity index (χ2n) is 6.83. The van der Waals surface area contributed by atoms with E-state index in [0.717, 1.165) is 16.5 Å². The van der Waals surface area contributed by atoms with E-state index >= 15 is 0 Å². The maximum absolute atomic E-state index is 12.3. The molecule has 10 heteroatoms. The van der Waals surface area contributed by atoms with Crippen molar-refractivity contribution >= 4 is 50.1 Å². The fraction of sp³-hybridized carbons (Fsp3) is 0.190. The molecular formula is C21H20ClN3O5S. The summed E-state index contributed by atoms with van der Waals surface area (Å²) in [5.41, 5.74) is 2.76. The van der Waals surface area contributed by atoms with Crippen LogP contribution in [0, 0.1) is 6.92 Å². The molecule has 1 aromatic heterocycles. The molecule has 0 atom stereocenters. The molecule has 0 unspecified atom stereocenters.